The van der Waals surface area contributed by atoms with E-state index in [0.717, 1.165) is 29.0 Å². The number of unbranched alkanes of at least 4 members (excludes halogenated alkanes) is 1. The van der Waals surface area contributed by atoms with Crippen molar-refractivity contribution in [3.63, 3.8) is 0 Å². The summed E-state index contributed by atoms with van der Waals surface area (Å²) < 4.78 is 0. The molecule has 1 amide bonds. The van der Waals surface area contributed by atoms with Crippen LogP contribution in [0.25, 0.3) is 0 Å². The summed E-state index contributed by atoms with van der Waals surface area (Å²) in [4.78, 5) is 13.8. The zero-order valence-corrected chi connectivity index (χ0v) is 10.8. The molecule has 16 heavy (non-hydrogen) atoms. The average Bonchev–Trinajstić information content (AvgIpc) is 2.70. The molecule has 1 aromatic heterocycles. The molecule has 1 aromatic rings. The van der Waals surface area contributed by atoms with Gasteiger partial charge in [0, 0.05) is 17.5 Å². The molecule has 0 aliphatic carbocycles. The van der Waals surface area contributed by atoms with Crippen LogP contribution in [-0.2, 0) is 0 Å². The lowest BCUT2D eigenvalue weighted by molar-refractivity contribution is 0.0940. The summed E-state index contributed by atoms with van der Waals surface area (Å²) in [6.45, 7) is 4.65. The van der Waals surface area contributed by atoms with Crippen LogP contribution in [0.4, 0.5) is 0 Å². The first kappa shape index (κ1) is 13.2. The Bertz CT molecular complexity index is 336. The van der Waals surface area contributed by atoms with Gasteiger partial charge in [-0.1, -0.05) is 19.8 Å². The maximum atomic E-state index is 11.8. The standard InChI is InChI=1S/C12H20N2OS/c1-3-4-5-10(8-13)14-12(15)11-7-6-9(2)16-11/h6-7,10H,3-5,8,13H2,1-2H3,(H,14,15). The predicted molar refractivity (Wildman–Crippen MR) is 68.9 cm³/mol. The number of rotatable bonds is 6. The van der Waals surface area contributed by atoms with Crippen molar-refractivity contribution in [2.75, 3.05) is 6.54 Å². The fourth-order valence-corrected chi connectivity index (χ4v) is 2.28. The summed E-state index contributed by atoms with van der Waals surface area (Å²) >= 11 is 1.52. The van der Waals surface area contributed by atoms with E-state index in [0.29, 0.717) is 6.54 Å². The number of nitrogens with two attached hydrogens (primary N) is 1. The Kier molecular flexibility index (Phi) is 5.49. The van der Waals surface area contributed by atoms with Gasteiger partial charge < -0.3 is 11.1 Å². The van der Waals surface area contributed by atoms with E-state index in [1.165, 1.54) is 11.3 Å². The summed E-state index contributed by atoms with van der Waals surface area (Å²) in [5, 5.41) is 2.98. The van der Waals surface area contributed by atoms with Crippen molar-refractivity contribution in [1.29, 1.82) is 0 Å². The normalized spacial score (nSPS) is 12.4. The third-order valence-corrected chi connectivity index (χ3v) is 3.49. The Morgan fingerprint density at radius 3 is 2.81 bits per heavy atom. The van der Waals surface area contributed by atoms with Crippen LogP contribution in [0.5, 0.6) is 0 Å². The van der Waals surface area contributed by atoms with E-state index in [-0.39, 0.29) is 11.9 Å². The van der Waals surface area contributed by atoms with Crippen LogP contribution in [0.2, 0.25) is 0 Å². The fourth-order valence-electron chi connectivity index (χ4n) is 1.51. The number of hydrogen-bond acceptors (Lipinski definition) is 3. The van der Waals surface area contributed by atoms with E-state index < -0.39 is 0 Å². The molecule has 1 atom stereocenters. The van der Waals surface area contributed by atoms with Gasteiger partial charge in [-0.15, -0.1) is 11.3 Å². The monoisotopic (exact) mass is 240 g/mol. The molecule has 1 rings (SSSR count). The zero-order valence-electron chi connectivity index (χ0n) is 9.95. The molecule has 90 valence electrons. The minimum atomic E-state index is 0.00431. The Morgan fingerprint density at radius 1 is 1.56 bits per heavy atom. The molecule has 0 aromatic carbocycles. The van der Waals surface area contributed by atoms with Crippen molar-refractivity contribution >= 4 is 17.2 Å². The molecule has 0 radical (unpaired) electrons. The smallest absolute Gasteiger partial charge is 0.261 e. The molecule has 0 bridgehead atoms. The van der Waals surface area contributed by atoms with Gasteiger partial charge in [-0.2, -0.15) is 0 Å². The molecule has 4 heteroatoms. The number of carbonyl (C=O) groups is 1. The van der Waals surface area contributed by atoms with Crippen molar-refractivity contribution in [2.24, 2.45) is 5.73 Å². The van der Waals surface area contributed by atoms with Gasteiger partial charge in [0.05, 0.1) is 4.88 Å². The third-order valence-electron chi connectivity index (χ3n) is 2.49. The number of thiophene rings is 1. The van der Waals surface area contributed by atoms with E-state index in [2.05, 4.69) is 12.2 Å². The van der Waals surface area contributed by atoms with Gasteiger partial charge in [-0.25, -0.2) is 0 Å². The van der Waals surface area contributed by atoms with Crippen LogP contribution in [0, 0.1) is 6.92 Å². The molecule has 0 saturated carbocycles. The number of amides is 1. The van der Waals surface area contributed by atoms with Crippen LogP contribution < -0.4 is 11.1 Å². The largest absolute Gasteiger partial charge is 0.347 e. The predicted octanol–water partition coefficient (Wildman–Crippen LogP) is 2.30. The molecule has 0 saturated heterocycles. The highest BCUT2D eigenvalue weighted by molar-refractivity contribution is 7.13. The third kappa shape index (κ3) is 3.94. The highest BCUT2D eigenvalue weighted by atomic mass is 32.1. The van der Waals surface area contributed by atoms with Crippen molar-refractivity contribution in [2.45, 2.75) is 39.2 Å². The molecular formula is C12H20N2OS. The Hall–Kier alpha value is -0.870. The second-order valence-corrected chi connectivity index (χ2v) is 5.25. The zero-order chi connectivity index (χ0) is 12.0. The van der Waals surface area contributed by atoms with Gasteiger partial charge in [0.1, 0.15) is 0 Å². The highest BCUT2D eigenvalue weighted by Crippen LogP contribution is 2.15. The lowest BCUT2D eigenvalue weighted by Gasteiger charge is -2.15. The number of carbonyl (C=O) groups excluding carboxylic acids is 1. The summed E-state index contributed by atoms with van der Waals surface area (Å²) in [5.41, 5.74) is 5.63. The van der Waals surface area contributed by atoms with Gasteiger partial charge in [0.2, 0.25) is 0 Å². The molecule has 0 fully saturated rings. The lowest BCUT2D eigenvalue weighted by Crippen LogP contribution is -2.39. The van der Waals surface area contributed by atoms with E-state index in [1.807, 2.05) is 19.1 Å². The molecule has 0 aliphatic heterocycles. The van der Waals surface area contributed by atoms with Gasteiger partial charge in [-0.05, 0) is 25.5 Å². The van der Waals surface area contributed by atoms with Gasteiger partial charge in [0.15, 0.2) is 0 Å². The molecule has 3 N–H and O–H groups in total. The maximum absolute atomic E-state index is 11.8. The topological polar surface area (TPSA) is 55.1 Å². The number of hydrogen-bond donors (Lipinski definition) is 2. The minimum Gasteiger partial charge on any atom is -0.347 e. The van der Waals surface area contributed by atoms with E-state index in [1.54, 1.807) is 0 Å². The summed E-state index contributed by atoms with van der Waals surface area (Å²) in [7, 11) is 0. The van der Waals surface area contributed by atoms with E-state index in [9.17, 15) is 4.79 Å². The quantitative estimate of drug-likeness (QED) is 0.801. The van der Waals surface area contributed by atoms with Crippen LogP contribution in [0.3, 0.4) is 0 Å². The van der Waals surface area contributed by atoms with Crippen LogP contribution in [-0.4, -0.2) is 18.5 Å². The average molecular weight is 240 g/mol. The van der Waals surface area contributed by atoms with Crippen LogP contribution >= 0.6 is 11.3 Å². The second kappa shape index (κ2) is 6.66. The van der Waals surface area contributed by atoms with Gasteiger partial charge in [-0.3, -0.25) is 4.79 Å². The van der Waals surface area contributed by atoms with Crippen LogP contribution in [0.1, 0.15) is 40.7 Å². The maximum Gasteiger partial charge on any atom is 0.261 e. The Labute approximate surface area is 101 Å². The molecule has 1 unspecified atom stereocenters. The molecule has 1 heterocycles. The van der Waals surface area contributed by atoms with E-state index in [4.69, 9.17) is 5.73 Å². The van der Waals surface area contributed by atoms with Crippen molar-refractivity contribution in [1.82, 2.24) is 5.32 Å². The first-order valence-corrected chi connectivity index (χ1v) is 6.56. The van der Waals surface area contributed by atoms with Gasteiger partial charge in [0.25, 0.3) is 5.91 Å². The summed E-state index contributed by atoms with van der Waals surface area (Å²) in [6, 6.07) is 3.93. The van der Waals surface area contributed by atoms with Crippen molar-refractivity contribution in [3.8, 4) is 0 Å². The van der Waals surface area contributed by atoms with Crippen molar-refractivity contribution in [3.05, 3.63) is 21.9 Å². The number of nitrogens with one attached hydrogen (secondary N) is 1. The summed E-state index contributed by atoms with van der Waals surface area (Å²) in [5.74, 6) is 0.00431. The molecule has 0 spiro atoms. The first-order chi connectivity index (χ1) is 7.67. The van der Waals surface area contributed by atoms with E-state index >= 15 is 0 Å². The lowest BCUT2D eigenvalue weighted by atomic mass is 10.1. The summed E-state index contributed by atoms with van der Waals surface area (Å²) in [6.07, 6.45) is 3.19. The SMILES string of the molecule is CCCCC(CN)NC(=O)c1ccc(C)s1. The van der Waals surface area contributed by atoms with Gasteiger partial charge >= 0.3 is 0 Å². The molecule has 0 aliphatic rings. The Morgan fingerprint density at radius 2 is 2.31 bits per heavy atom. The van der Waals surface area contributed by atoms with Crippen molar-refractivity contribution < 1.29 is 4.79 Å². The number of aryl methyl sites for hydroxylation is 1. The minimum absolute atomic E-state index is 0.00431. The highest BCUT2D eigenvalue weighted by Gasteiger charge is 2.13. The van der Waals surface area contributed by atoms with Crippen LogP contribution in [0.15, 0.2) is 12.1 Å². The second-order valence-electron chi connectivity index (χ2n) is 3.96. The first-order valence-electron chi connectivity index (χ1n) is 5.74. The fraction of sp³-hybridized carbons (Fsp3) is 0.583. The molecular weight excluding hydrogens is 220 g/mol. The Balaban J connectivity index is 2.48. The molecule has 3 nitrogen and oxygen atoms in total.